The van der Waals surface area contributed by atoms with Crippen molar-refractivity contribution < 1.29 is 23.8 Å². The molecule has 2 aliphatic heterocycles. The van der Waals surface area contributed by atoms with Crippen LogP contribution in [0.1, 0.15) is 43.1 Å². The van der Waals surface area contributed by atoms with Crippen LogP contribution in [-0.2, 0) is 17.8 Å². The Morgan fingerprint density at radius 3 is 2.67 bits per heavy atom. The molecule has 0 saturated carbocycles. The van der Waals surface area contributed by atoms with Crippen molar-refractivity contribution in [1.29, 1.82) is 0 Å². The molecule has 2 saturated heterocycles. The van der Waals surface area contributed by atoms with Crippen LogP contribution in [0.2, 0.25) is 5.02 Å². The number of hydrogen-bond donors (Lipinski definition) is 4. The number of pyridine rings is 1. The number of benzene rings is 1. The van der Waals surface area contributed by atoms with E-state index in [1.54, 1.807) is 29.2 Å². The maximum atomic E-state index is 15.9. The first-order valence-corrected chi connectivity index (χ1v) is 13.8. The van der Waals surface area contributed by atoms with E-state index < -0.39 is 29.1 Å². The first kappa shape index (κ1) is 28.3. The number of aryl methyl sites for hydroxylation is 1. The number of β-amino-alcohol motifs (C(OH)–C–C–N with tert-alkyl or cyclic N) is 1. The predicted octanol–water partition coefficient (Wildman–Crippen LogP) is 4.66. The summed E-state index contributed by atoms with van der Waals surface area (Å²) >= 11 is 5.97. The van der Waals surface area contributed by atoms with Crippen LogP contribution in [0, 0.1) is 24.0 Å². The van der Waals surface area contributed by atoms with Crippen molar-refractivity contribution in [3.63, 3.8) is 0 Å². The Bertz CT molecular complexity index is 1400. The maximum absolute atomic E-state index is 15.9. The Morgan fingerprint density at radius 1 is 1.25 bits per heavy atom. The fraction of sp³-hybridized carbons (Fsp3) is 0.464. The number of H-pyrrole nitrogens is 1. The lowest BCUT2D eigenvalue weighted by Gasteiger charge is -2.44. The molecule has 12 heteroatoms. The van der Waals surface area contributed by atoms with Crippen molar-refractivity contribution in [2.75, 3.05) is 29.9 Å². The molecular weight excluding hydrogens is 542 g/mol. The van der Waals surface area contributed by atoms with E-state index in [2.05, 4.69) is 25.4 Å². The molecule has 2 aromatic heterocycles. The molecule has 4 heterocycles. The fourth-order valence-electron chi connectivity index (χ4n) is 5.72. The number of aliphatic hydroxyl groups excluding tert-OH is 1. The Kier molecular flexibility index (Phi) is 7.98. The van der Waals surface area contributed by atoms with Crippen molar-refractivity contribution >= 4 is 34.9 Å². The zero-order valence-electron chi connectivity index (χ0n) is 22.4. The van der Waals surface area contributed by atoms with Gasteiger partial charge in [0, 0.05) is 55.5 Å². The number of aromatic amines is 1. The molecule has 5 rings (SSSR count). The third kappa shape index (κ3) is 5.63. The molecule has 214 valence electrons. The van der Waals surface area contributed by atoms with Gasteiger partial charge in [0.15, 0.2) is 11.6 Å². The zero-order valence-corrected chi connectivity index (χ0v) is 23.2. The minimum atomic E-state index is -1.26. The van der Waals surface area contributed by atoms with Gasteiger partial charge in [-0.15, -0.1) is 0 Å². The van der Waals surface area contributed by atoms with Gasteiger partial charge in [0.25, 0.3) is 0 Å². The van der Waals surface area contributed by atoms with Crippen LogP contribution in [0.25, 0.3) is 0 Å². The topological polar surface area (TPSA) is 118 Å². The Morgan fingerprint density at radius 2 is 2.02 bits per heavy atom. The second-order valence-electron chi connectivity index (χ2n) is 10.9. The number of carboxylic acid groups (broad SMARTS) is 1. The largest absolute Gasteiger partial charge is 0.481 e. The predicted molar refractivity (Wildman–Crippen MR) is 148 cm³/mol. The van der Waals surface area contributed by atoms with Gasteiger partial charge < -0.3 is 20.4 Å². The van der Waals surface area contributed by atoms with Crippen LogP contribution >= 0.6 is 11.6 Å². The van der Waals surface area contributed by atoms with Gasteiger partial charge in [-0.2, -0.15) is 5.10 Å². The van der Waals surface area contributed by atoms with Gasteiger partial charge in [-0.1, -0.05) is 30.7 Å². The summed E-state index contributed by atoms with van der Waals surface area (Å²) in [6.07, 6.45) is 0.490. The lowest BCUT2D eigenvalue weighted by molar-refractivity contribution is -0.154. The standard InChI is InChI=1S/C28H33ClF2N6O3/c1-3-18-11-28(27(39)40,7-8-36(18)13-17-5-4-6-20(29)25(17)30)12-21-26(31)22(37-14-19(38)15-37)10-23(32-21)33-24-9-16(2)34-35-24/h4-6,9-10,18-19,38H,3,7-8,11-15H2,1-2H3,(H,39,40)(H2,32,33,34,35)/t18-,28-/m1/s1. The molecule has 0 bridgehead atoms. The van der Waals surface area contributed by atoms with Gasteiger partial charge in [0.1, 0.15) is 11.6 Å². The van der Waals surface area contributed by atoms with Crippen LogP contribution in [0.3, 0.4) is 0 Å². The monoisotopic (exact) mass is 574 g/mol. The van der Waals surface area contributed by atoms with E-state index in [1.165, 1.54) is 6.07 Å². The lowest BCUT2D eigenvalue weighted by Crippen LogP contribution is -2.52. The molecule has 0 aliphatic carbocycles. The highest BCUT2D eigenvalue weighted by Crippen LogP contribution is 2.42. The van der Waals surface area contributed by atoms with E-state index >= 15 is 4.39 Å². The van der Waals surface area contributed by atoms with Crippen molar-refractivity contribution in [1.82, 2.24) is 20.1 Å². The number of rotatable bonds is 9. The molecular formula is C28H33ClF2N6O3. The maximum Gasteiger partial charge on any atom is 0.310 e. The minimum Gasteiger partial charge on any atom is -0.481 e. The number of nitrogens with one attached hydrogen (secondary N) is 2. The number of aromatic nitrogens is 3. The van der Waals surface area contributed by atoms with E-state index in [1.807, 2.05) is 13.8 Å². The van der Waals surface area contributed by atoms with Crippen molar-refractivity contribution in [3.8, 4) is 0 Å². The van der Waals surface area contributed by atoms with Gasteiger partial charge in [-0.05, 0) is 38.8 Å². The van der Waals surface area contributed by atoms with Crippen molar-refractivity contribution in [3.05, 3.63) is 63.9 Å². The van der Waals surface area contributed by atoms with E-state index in [-0.39, 0.29) is 54.8 Å². The second kappa shape index (κ2) is 11.3. The van der Waals surface area contributed by atoms with Gasteiger partial charge >= 0.3 is 5.97 Å². The summed E-state index contributed by atoms with van der Waals surface area (Å²) < 4.78 is 30.5. The summed E-state index contributed by atoms with van der Waals surface area (Å²) in [5.41, 5.74) is 0.323. The zero-order chi connectivity index (χ0) is 28.6. The smallest absolute Gasteiger partial charge is 0.310 e. The SMILES string of the molecule is CC[C@@H]1C[C@](Cc2nc(Nc3cc(C)[nH]n3)cc(N3CC(O)C3)c2F)(C(=O)O)CCN1Cc1cccc(Cl)c1F. The third-order valence-corrected chi connectivity index (χ3v) is 8.32. The number of piperidine rings is 1. The van der Waals surface area contributed by atoms with Crippen LogP contribution in [0.5, 0.6) is 0 Å². The quantitative estimate of drug-likeness (QED) is 0.292. The summed E-state index contributed by atoms with van der Waals surface area (Å²) in [7, 11) is 0. The number of hydrogen-bond acceptors (Lipinski definition) is 7. The Hall–Kier alpha value is -3.28. The molecule has 2 aliphatic rings. The number of carboxylic acids is 1. The van der Waals surface area contributed by atoms with E-state index in [0.29, 0.717) is 36.7 Å². The first-order chi connectivity index (χ1) is 19.1. The molecule has 0 radical (unpaired) electrons. The molecule has 4 N–H and O–H groups in total. The summed E-state index contributed by atoms with van der Waals surface area (Å²) in [6, 6.07) is 8.04. The van der Waals surface area contributed by atoms with Crippen LogP contribution in [0.15, 0.2) is 30.3 Å². The Balaban J connectivity index is 1.43. The average Bonchev–Trinajstić information content (AvgIpc) is 3.31. The molecule has 2 atom stereocenters. The second-order valence-corrected chi connectivity index (χ2v) is 11.3. The molecule has 40 heavy (non-hydrogen) atoms. The van der Waals surface area contributed by atoms with Gasteiger partial charge in [0.05, 0.1) is 27.9 Å². The highest BCUT2D eigenvalue weighted by Gasteiger charge is 2.46. The number of nitrogens with zero attached hydrogens (tertiary/aromatic N) is 4. The highest BCUT2D eigenvalue weighted by atomic mass is 35.5. The summed E-state index contributed by atoms with van der Waals surface area (Å²) in [5.74, 6) is -1.24. The fourth-order valence-corrected chi connectivity index (χ4v) is 5.91. The molecule has 9 nitrogen and oxygen atoms in total. The number of likely N-dealkylation sites (tertiary alicyclic amines) is 1. The normalized spacial score (nSPS) is 21.9. The minimum absolute atomic E-state index is 0.0419. The number of aliphatic hydroxyl groups is 1. The molecule has 2 fully saturated rings. The highest BCUT2D eigenvalue weighted by molar-refractivity contribution is 6.30. The number of halogens is 3. The third-order valence-electron chi connectivity index (χ3n) is 8.03. The number of carbonyl (C=O) groups is 1. The molecule has 0 unspecified atom stereocenters. The van der Waals surface area contributed by atoms with Gasteiger partial charge in [-0.25, -0.2) is 13.8 Å². The van der Waals surface area contributed by atoms with Gasteiger partial charge in [-0.3, -0.25) is 14.8 Å². The molecule has 3 aromatic rings. The lowest BCUT2D eigenvalue weighted by atomic mass is 9.71. The number of anilines is 3. The van der Waals surface area contributed by atoms with E-state index in [4.69, 9.17) is 11.6 Å². The Labute approximate surface area is 236 Å². The van der Waals surface area contributed by atoms with E-state index in [9.17, 15) is 19.4 Å². The summed E-state index contributed by atoms with van der Waals surface area (Å²) in [4.78, 5) is 21.1. The van der Waals surface area contributed by atoms with Crippen LogP contribution in [-0.4, -0.2) is 68.0 Å². The van der Waals surface area contributed by atoms with Crippen molar-refractivity contribution in [2.45, 2.75) is 58.2 Å². The summed E-state index contributed by atoms with van der Waals surface area (Å²) in [6.45, 7) is 5.07. The first-order valence-electron chi connectivity index (χ1n) is 13.4. The molecule has 0 spiro atoms. The van der Waals surface area contributed by atoms with Crippen LogP contribution < -0.4 is 10.2 Å². The number of aliphatic carboxylic acids is 1. The summed E-state index contributed by atoms with van der Waals surface area (Å²) in [5, 5.41) is 30.4. The van der Waals surface area contributed by atoms with Crippen LogP contribution in [0.4, 0.5) is 26.1 Å². The van der Waals surface area contributed by atoms with Crippen molar-refractivity contribution in [2.24, 2.45) is 5.41 Å². The van der Waals surface area contributed by atoms with Gasteiger partial charge in [0.2, 0.25) is 0 Å². The average molecular weight is 575 g/mol. The van der Waals surface area contributed by atoms with E-state index in [0.717, 1.165) is 5.69 Å². The molecule has 0 amide bonds. The molecule has 1 aromatic carbocycles.